The lowest BCUT2D eigenvalue weighted by Crippen LogP contribution is -2.03. The lowest BCUT2D eigenvalue weighted by atomic mass is 10.1. The third kappa shape index (κ3) is 6.18. The number of carbonyl (C=O) groups is 1. The molecule has 0 amide bonds. The number of benzene rings is 2. The highest BCUT2D eigenvalue weighted by molar-refractivity contribution is 8.04. The third-order valence-corrected chi connectivity index (χ3v) is 4.86. The standard InChI is InChI=1S/C21H23NO4S/c1-15-10-11-18(12-19(15)27-20(14-24-3)21(23)25-4)16(2)22-26-13-17-8-6-5-7-9-17/h5-12,14H,13H2,1-4H3/b20-14+,22-16+. The number of thioether (sulfide) groups is 1. The zero-order valence-corrected chi connectivity index (χ0v) is 16.7. The molecule has 0 aromatic heterocycles. The molecule has 0 spiro atoms. The Labute approximate surface area is 164 Å². The molecule has 2 rings (SSSR count). The normalized spacial score (nSPS) is 11.9. The number of hydrogen-bond donors (Lipinski definition) is 0. The SMILES string of the molecule is CO/C=C(/Sc1cc(/C(C)=N/OCc2ccccc2)ccc1C)C(=O)OC. The van der Waals surface area contributed by atoms with Crippen LogP contribution in [-0.4, -0.2) is 25.9 Å². The van der Waals surface area contributed by atoms with Gasteiger partial charge < -0.3 is 14.3 Å². The maximum Gasteiger partial charge on any atom is 0.347 e. The summed E-state index contributed by atoms with van der Waals surface area (Å²) >= 11 is 1.29. The van der Waals surface area contributed by atoms with Crippen molar-refractivity contribution in [2.24, 2.45) is 5.16 Å². The molecule has 0 radical (unpaired) electrons. The molecule has 0 unspecified atom stereocenters. The minimum atomic E-state index is -0.441. The molecule has 2 aromatic carbocycles. The Kier molecular flexibility index (Phi) is 7.95. The van der Waals surface area contributed by atoms with Crippen LogP contribution in [0, 0.1) is 6.92 Å². The van der Waals surface area contributed by atoms with Gasteiger partial charge in [0.25, 0.3) is 0 Å². The zero-order valence-electron chi connectivity index (χ0n) is 15.9. The van der Waals surface area contributed by atoms with E-state index in [1.54, 1.807) is 0 Å². The third-order valence-electron chi connectivity index (χ3n) is 3.71. The summed E-state index contributed by atoms with van der Waals surface area (Å²) in [5, 5.41) is 4.20. The molecule has 0 bridgehead atoms. The summed E-state index contributed by atoms with van der Waals surface area (Å²) in [6.45, 7) is 4.28. The topological polar surface area (TPSA) is 57.1 Å². The first-order valence-corrected chi connectivity index (χ1v) is 9.17. The Morgan fingerprint density at radius 3 is 2.56 bits per heavy atom. The molecule has 6 heteroatoms. The molecule has 0 atom stereocenters. The van der Waals surface area contributed by atoms with Crippen molar-refractivity contribution in [1.82, 2.24) is 0 Å². The van der Waals surface area contributed by atoms with Gasteiger partial charge in [-0.1, -0.05) is 59.4 Å². The van der Waals surface area contributed by atoms with Crippen LogP contribution in [0.3, 0.4) is 0 Å². The number of aryl methyl sites for hydroxylation is 1. The van der Waals surface area contributed by atoms with Crippen LogP contribution >= 0.6 is 11.8 Å². The van der Waals surface area contributed by atoms with Gasteiger partial charge in [-0.25, -0.2) is 4.79 Å². The fraction of sp³-hybridized carbons (Fsp3) is 0.238. The molecule has 5 nitrogen and oxygen atoms in total. The van der Waals surface area contributed by atoms with E-state index in [4.69, 9.17) is 14.3 Å². The maximum atomic E-state index is 11.9. The number of hydrogen-bond acceptors (Lipinski definition) is 6. The van der Waals surface area contributed by atoms with Crippen molar-refractivity contribution >= 4 is 23.4 Å². The van der Waals surface area contributed by atoms with Crippen molar-refractivity contribution in [3.63, 3.8) is 0 Å². The van der Waals surface area contributed by atoms with Crippen molar-refractivity contribution in [3.05, 3.63) is 76.4 Å². The lowest BCUT2D eigenvalue weighted by molar-refractivity contribution is -0.135. The second-order valence-electron chi connectivity index (χ2n) is 5.73. The highest BCUT2D eigenvalue weighted by Crippen LogP contribution is 2.31. The van der Waals surface area contributed by atoms with E-state index in [0.717, 1.165) is 27.3 Å². The van der Waals surface area contributed by atoms with E-state index in [1.807, 2.05) is 62.4 Å². The van der Waals surface area contributed by atoms with Crippen LogP contribution in [0.15, 0.2) is 69.7 Å². The molecule has 2 aromatic rings. The molecule has 0 saturated carbocycles. The summed E-state index contributed by atoms with van der Waals surface area (Å²) in [5.41, 5.74) is 3.76. The van der Waals surface area contributed by atoms with Gasteiger partial charge in [0.15, 0.2) is 0 Å². The molecular formula is C21H23NO4S. The fourth-order valence-corrected chi connectivity index (χ4v) is 3.17. The zero-order chi connectivity index (χ0) is 19.6. The van der Waals surface area contributed by atoms with Crippen molar-refractivity contribution in [3.8, 4) is 0 Å². The van der Waals surface area contributed by atoms with Crippen molar-refractivity contribution < 1.29 is 19.1 Å². The van der Waals surface area contributed by atoms with Gasteiger partial charge in [0, 0.05) is 10.5 Å². The summed E-state index contributed by atoms with van der Waals surface area (Å²) in [6, 6.07) is 15.8. The number of carbonyl (C=O) groups excluding carboxylic acids is 1. The van der Waals surface area contributed by atoms with Gasteiger partial charge in [-0.15, -0.1) is 0 Å². The molecule has 27 heavy (non-hydrogen) atoms. The predicted molar refractivity (Wildman–Crippen MR) is 108 cm³/mol. The van der Waals surface area contributed by atoms with E-state index in [2.05, 4.69) is 5.16 Å². The molecule has 0 aliphatic heterocycles. The summed E-state index contributed by atoms with van der Waals surface area (Å²) in [4.78, 5) is 18.6. The van der Waals surface area contributed by atoms with Gasteiger partial charge in [-0.2, -0.15) is 0 Å². The molecule has 142 valence electrons. The monoisotopic (exact) mass is 385 g/mol. The fourth-order valence-electron chi connectivity index (χ4n) is 2.21. The highest BCUT2D eigenvalue weighted by atomic mass is 32.2. The van der Waals surface area contributed by atoms with Gasteiger partial charge in [-0.3, -0.25) is 0 Å². The first-order chi connectivity index (χ1) is 13.0. The lowest BCUT2D eigenvalue weighted by Gasteiger charge is -2.10. The van der Waals surface area contributed by atoms with Gasteiger partial charge in [0.05, 0.1) is 19.9 Å². The second-order valence-corrected chi connectivity index (χ2v) is 6.81. The van der Waals surface area contributed by atoms with E-state index in [0.29, 0.717) is 11.5 Å². The van der Waals surface area contributed by atoms with Crippen LogP contribution in [0.25, 0.3) is 0 Å². The van der Waals surface area contributed by atoms with Crippen LogP contribution in [0.1, 0.15) is 23.6 Å². The number of methoxy groups -OCH3 is 2. The number of ether oxygens (including phenoxy) is 2. The van der Waals surface area contributed by atoms with Gasteiger partial charge in [0.2, 0.25) is 0 Å². The van der Waals surface area contributed by atoms with Gasteiger partial charge in [0.1, 0.15) is 17.8 Å². The maximum absolute atomic E-state index is 11.9. The van der Waals surface area contributed by atoms with Crippen LogP contribution < -0.4 is 0 Å². The van der Waals surface area contributed by atoms with E-state index in [9.17, 15) is 4.79 Å². The van der Waals surface area contributed by atoms with E-state index in [1.165, 1.54) is 32.2 Å². The van der Waals surface area contributed by atoms with E-state index < -0.39 is 5.97 Å². The Balaban J connectivity index is 2.14. The first-order valence-electron chi connectivity index (χ1n) is 8.35. The van der Waals surface area contributed by atoms with Crippen LogP contribution in [-0.2, 0) is 25.7 Å². The number of rotatable bonds is 8. The Morgan fingerprint density at radius 2 is 1.89 bits per heavy atom. The van der Waals surface area contributed by atoms with Crippen molar-refractivity contribution in [1.29, 1.82) is 0 Å². The molecule has 0 fully saturated rings. The summed E-state index contributed by atoms with van der Waals surface area (Å²) in [5.74, 6) is -0.441. The molecule has 0 saturated heterocycles. The number of esters is 1. The Bertz CT molecular complexity index is 831. The smallest absolute Gasteiger partial charge is 0.347 e. The van der Waals surface area contributed by atoms with Crippen LogP contribution in [0.5, 0.6) is 0 Å². The van der Waals surface area contributed by atoms with Crippen LogP contribution in [0.4, 0.5) is 0 Å². The van der Waals surface area contributed by atoms with E-state index in [-0.39, 0.29) is 0 Å². The molecule has 0 N–H and O–H groups in total. The average molecular weight is 385 g/mol. The van der Waals surface area contributed by atoms with E-state index >= 15 is 0 Å². The molecule has 0 heterocycles. The number of nitrogens with zero attached hydrogens (tertiary/aromatic N) is 1. The Hall–Kier alpha value is -2.73. The predicted octanol–water partition coefficient (Wildman–Crippen LogP) is 4.69. The molecule has 0 aliphatic carbocycles. The second kappa shape index (κ2) is 10.4. The van der Waals surface area contributed by atoms with Gasteiger partial charge >= 0.3 is 5.97 Å². The highest BCUT2D eigenvalue weighted by Gasteiger charge is 2.14. The van der Waals surface area contributed by atoms with Crippen molar-refractivity contribution in [2.45, 2.75) is 25.3 Å². The molecule has 0 aliphatic rings. The number of oxime groups is 1. The first kappa shape index (κ1) is 20.6. The quantitative estimate of drug-likeness (QED) is 0.165. The summed E-state index contributed by atoms with van der Waals surface area (Å²) in [6.07, 6.45) is 1.38. The summed E-state index contributed by atoms with van der Waals surface area (Å²) in [7, 11) is 2.84. The average Bonchev–Trinajstić information content (AvgIpc) is 2.69. The van der Waals surface area contributed by atoms with Crippen molar-refractivity contribution in [2.75, 3.05) is 14.2 Å². The summed E-state index contributed by atoms with van der Waals surface area (Å²) < 4.78 is 9.78. The van der Waals surface area contributed by atoms with Gasteiger partial charge in [-0.05, 0) is 31.0 Å². The Morgan fingerprint density at radius 1 is 1.15 bits per heavy atom. The molecular weight excluding hydrogens is 362 g/mol. The minimum absolute atomic E-state index is 0.371. The minimum Gasteiger partial charge on any atom is -0.503 e. The largest absolute Gasteiger partial charge is 0.503 e. The van der Waals surface area contributed by atoms with Crippen LogP contribution in [0.2, 0.25) is 0 Å².